The monoisotopic (exact) mass is 321 g/mol. The number of rotatable bonds is 4. The predicted octanol–water partition coefficient (Wildman–Crippen LogP) is 1.61. The molecule has 0 aliphatic carbocycles. The first-order chi connectivity index (χ1) is 10.6. The Labute approximate surface area is 135 Å². The van der Waals surface area contributed by atoms with E-state index >= 15 is 0 Å². The Morgan fingerprint density at radius 1 is 1.23 bits per heavy atom. The standard InChI is InChI=1S/C16H23N3O2S/c17-16(21)12-3-7-18(8-4-12)15(20)10-19-6-1-2-14(19)13-5-9-22-11-13/h5,9,11-12,14H,1-4,6-8,10H2,(H2,17,21)/t14-/m0/s1. The third-order valence-corrected chi connectivity index (χ3v) is 5.58. The molecule has 120 valence electrons. The number of likely N-dealkylation sites (tertiary alicyclic amines) is 2. The summed E-state index contributed by atoms with van der Waals surface area (Å²) in [6.07, 6.45) is 3.69. The number of carbonyl (C=O) groups is 2. The maximum absolute atomic E-state index is 12.5. The lowest BCUT2D eigenvalue weighted by Gasteiger charge is -2.33. The average molecular weight is 321 g/mol. The van der Waals surface area contributed by atoms with Gasteiger partial charge in [-0.3, -0.25) is 14.5 Å². The minimum absolute atomic E-state index is 0.0607. The van der Waals surface area contributed by atoms with E-state index in [0.29, 0.717) is 38.5 Å². The van der Waals surface area contributed by atoms with Crippen molar-refractivity contribution in [3.05, 3.63) is 22.4 Å². The SMILES string of the molecule is NC(=O)C1CCN(C(=O)CN2CCC[C@H]2c2ccsc2)CC1. The van der Waals surface area contributed by atoms with Gasteiger partial charge >= 0.3 is 0 Å². The zero-order chi connectivity index (χ0) is 15.5. The van der Waals surface area contributed by atoms with Crippen LogP contribution in [0.25, 0.3) is 0 Å². The number of piperidine rings is 1. The van der Waals surface area contributed by atoms with Crippen molar-refractivity contribution >= 4 is 23.2 Å². The summed E-state index contributed by atoms with van der Waals surface area (Å²) in [5.41, 5.74) is 6.68. The molecule has 0 unspecified atom stereocenters. The molecule has 22 heavy (non-hydrogen) atoms. The predicted molar refractivity (Wildman–Crippen MR) is 86.4 cm³/mol. The van der Waals surface area contributed by atoms with Gasteiger partial charge in [0.25, 0.3) is 0 Å². The largest absolute Gasteiger partial charge is 0.369 e. The molecule has 0 spiro atoms. The van der Waals surface area contributed by atoms with Crippen LogP contribution in [0.5, 0.6) is 0 Å². The molecule has 2 aliphatic rings. The van der Waals surface area contributed by atoms with Gasteiger partial charge < -0.3 is 10.6 Å². The van der Waals surface area contributed by atoms with Gasteiger partial charge in [-0.15, -0.1) is 0 Å². The maximum atomic E-state index is 12.5. The molecule has 2 N–H and O–H groups in total. The molecular weight excluding hydrogens is 298 g/mol. The van der Waals surface area contributed by atoms with Gasteiger partial charge in [-0.1, -0.05) is 0 Å². The number of hydrogen-bond donors (Lipinski definition) is 1. The van der Waals surface area contributed by atoms with Gasteiger partial charge in [0.15, 0.2) is 0 Å². The molecule has 2 fully saturated rings. The Balaban J connectivity index is 1.54. The molecule has 1 aromatic heterocycles. The first-order valence-electron chi connectivity index (χ1n) is 7.98. The van der Waals surface area contributed by atoms with Crippen molar-refractivity contribution in [1.29, 1.82) is 0 Å². The van der Waals surface area contributed by atoms with E-state index in [4.69, 9.17) is 5.73 Å². The van der Waals surface area contributed by atoms with Crippen LogP contribution >= 0.6 is 11.3 Å². The molecule has 6 heteroatoms. The highest BCUT2D eigenvalue weighted by Crippen LogP contribution is 2.32. The second-order valence-electron chi connectivity index (χ2n) is 6.24. The number of nitrogens with two attached hydrogens (primary N) is 1. The van der Waals surface area contributed by atoms with Crippen molar-refractivity contribution in [1.82, 2.24) is 9.80 Å². The van der Waals surface area contributed by atoms with Crippen LogP contribution in [0.4, 0.5) is 0 Å². The van der Waals surface area contributed by atoms with Crippen molar-refractivity contribution in [2.24, 2.45) is 11.7 Å². The number of amides is 2. The Morgan fingerprint density at radius 3 is 2.64 bits per heavy atom. The Kier molecular flexibility index (Phi) is 4.78. The summed E-state index contributed by atoms with van der Waals surface area (Å²) in [5.74, 6) is -0.108. The van der Waals surface area contributed by atoms with Gasteiger partial charge in [-0.05, 0) is 54.6 Å². The summed E-state index contributed by atoms with van der Waals surface area (Å²) < 4.78 is 0. The van der Waals surface area contributed by atoms with E-state index in [0.717, 1.165) is 19.4 Å². The van der Waals surface area contributed by atoms with Crippen LogP contribution in [-0.4, -0.2) is 47.8 Å². The van der Waals surface area contributed by atoms with Crippen molar-refractivity contribution in [2.75, 3.05) is 26.2 Å². The summed E-state index contributed by atoms with van der Waals surface area (Å²) in [5, 5.41) is 4.29. The summed E-state index contributed by atoms with van der Waals surface area (Å²) in [7, 11) is 0. The van der Waals surface area contributed by atoms with Crippen LogP contribution in [0.15, 0.2) is 16.8 Å². The minimum Gasteiger partial charge on any atom is -0.369 e. The number of nitrogens with zero attached hydrogens (tertiary/aromatic N) is 2. The van der Waals surface area contributed by atoms with E-state index in [9.17, 15) is 9.59 Å². The zero-order valence-electron chi connectivity index (χ0n) is 12.7. The first kappa shape index (κ1) is 15.5. The molecule has 3 heterocycles. The van der Waals surface area contributed by atoms with Gasteiger partial charge in [0.2, 0.25) is 11.8 Å². The smallest absolute Gasteiger partial charge is 0.236 e. The van der Waals surface area contributed by atoms with Gasteiger partial charge in [0, 0.05) is 25.0 Å². The normalized spacial score (nSPS) is 23.8. The fourth-order valence-electron chi connectivity index (χ4n) is 3.54. The highest BCUT2D eigenvalue weighted by molar-refractivity contribution is 7.07. The van der Waals surface area contributed by atoms with Crippen LogP contribution < -0.4 is 5.73 Å². The third kappa shape index (κ3) is 3.33. The van der Waals surface area contributed by atoms with E-state index < -0.39 is 0 Å². The summed E-state index contributed by atoms with van der Waals surface area (Å²) >= 11 is 1.71. The van der Waals surface area contributed by atoms with Gasteiger partial charge in [0.1, 0.15) is 0 Å². The van der Waals surface area contributed by atoms with Gasteiger partial charge in [0.05, 0.1) is 6.54 Å². The number of hydrogen-bond acceptors (Lipinski definition) is 4. The van der Waals surface area contributed by atoms with E-state index in [2.05, 4.69) is 21.7 Å². The fourth-order valence-corrected chi connectivity index (χ4v) is 4.25. The number of thiophene rings is 1. The molecule has 2 aliphatic heterocycles. The maximum Gasteiger partial charge on any atom is 0.236 e. The molecule has 3 rings (SSSR count). The van der Waals surface area contributed by atoms with Gasteiger partial charge in [-0.2, -0.15) is 11.3 Å². The molecular formula is C16H23N3O2S. The summed E-state index contributed by atoms with van der Waals surface area (Å²) in [4.78, 5) is 27.9. The first-order valence-corrected chi connectivity index (χ1v) is 8.92. The summed E-state index contributed by atoms with van der Waals surface area (Å²) in [6.45, 7) is 2.79. The number of primary amides is 1. The lowest BCUT2D eigenvalue weighted by atomic mass is 9.96. The fraction of sp³-hybridized carbons (Fsp3) is 0.625. The molecule has 0 saturated carbocycles. The highest BCUT2D eigenvalue weighted by Gasteiger charge is 2.31. The van der Waals surface area contributed by atoms with Crippen LogP contribution in [0.2, 0.25) is 0 Å². The van der Waals surface area contributed by atoms with E-state index in [1.807, 2.05) is 4.90 Å². The summed E-state index contributed by atoms with van der Waals surface area (Å²) in [6, 6.07) is 2.55. The van der Waals surface area contributed by atoms with E-state index in [1.54, 1.807) is 11.3 Å². The quantitative estimate of drug-likeness (QED) is 0.916. The lowest BCUT2D eigenvalue weighted by Crippen LogP contribution is -2.45. The van der Waals surface area contributed by atoms with Crippen molar-refractivity contribution in [2.45, 2.75) is 31.7 Å². The molecule has 0 bridgehead atoms. The molecule has 0 radical (unpaired) electrons. The van der Waals surface area contributed by atoms with Gasteiger partial charge in [-0.25, -0.2) is 0 Å². The lowest BCUT2D eigenvalue weighted by molar-refractivity contribution is -0.136. The highest BCUT2D eigenvalue weighted by atomic mass is 32.1. The van der Waals surface area contributed by atoms with E-state index in [-0.39, 0.29) is 17.7 Å². The average Bonchev–Trinajstić information content (AvgIpc) is 3.18. The van der Waals surface area contributed by atoms with Crippen molar-refractivity contribution in [3.8, 4) is 0 Å². The van der Waals surface area contributed by atoms with Crippen LogP contribution in [0, 0.1) is 5.92 Å². The molecule has 1 atom stereocenters. The topological polar surface area (TPSA) is 66.6 Å². The second kappa shape index (κ2) is 6.79. The van der Waals surface area contributed by atoms with Crippen LogP contribution in [-0.2, 0) is 9.59 Å². The minimum atomic E-state index is -0.232. The molecule has 1 aromatic rings. The van der Waals surface area contributed by atoms with Crippen LogP contribution in [0.3, 0.4) is 0 Å². The molecule has 2 saturated heterocycles. The molecule has 5 nitrogen and oxygen atoms in total. The van der Waals surface area contributed by atoms with Crippen molar-refractivity contribution < 1.29 is 9.59 Å². The van der Waals surface area contributed by atoms with Crippen molar-refractivity contribution in [3.63, 3.8) is 0 Å². The third-order valence-electron chi connectivity index (χ3n) is 4.88. The molecule has 2 amide bonds. The Morgan fingerprint density at radius 2 is 2.00 bits per heavy atom. The number of carbonyl (C=O) groups excluding carboxylic acids is 2. The van der Waals surface area contributed by atoms with Crippen LogP contribution in [0.1, 0.15) is 37.3 Å². The Hall–Kier alpha value is -1.40. The zero-order valence-corrected chi connectivity index (χ0v) is 13.6. The Bertz CT molecular complexity index is 524. The van der Waals surface area contributed by atoms with E-state index in [1.165, 1.54) is 5.56 Å². The molecule has 0 aromatic carbocycles. The second-order valence-corrected chi connectivity index (χ2v) is 7.02.